The molecule has 0 aliphatic carbocycles. The molecule has 4 heteroatoms. The summed E-state index contributed by atoms with van der Waals surface area (Å²) in [6.45, 7) is 9.94. The molecule has 1 amide bonds. The molecule has 4 nitrogen and oxygen atoms in total. The molecule has 0 aromatic carbocycles. The van der Waals surface area contributed by atoms with Crippen molar-refractivity contribution in [3.8, 4) is 0 Å². The number of pyridine rings is 1. The quantitative estimate of drug-likeness (QED) is 0.902. The van der Waals surface area contributed by atoms with E-state index in [1.807, 2.05) is 11.1 Å². The van der Waals surface area contributed by atoms with Crippen LogP contribution in [0.1, 0.15) is 46.1 Å². The van der Waals surface area contributed by atoms with Gasteiger partial charge in [-0.3, -0.25) is 4.79 Å². The summed E-state index contributed by atoms with van der Waals surface area (Å²) in [5, 5.41) is 3.50. The first-order valence-electron chi connectivity index (χ1n) is 7.35. The molecule has 1 aliphatic heterocycles. The van der Waals surface area contributed by atoms with Crippen LogP contribution in [0.5, 0.6) is 0 Å². The number of hydrogen-bond donors (Lipinski definition) is 1. The number of likely N-dealkylation sites (tertiary alicyclic amines) is 1. The monoisotopic (exact) mass is 275 g/mol. The van der Waals surface area contributed by atoms with Crippen LogP contribution in [-0.4, -0.2) is 34.9 Å². The van der Waals surface area contributed by atoms with Gasteiger partial charge in [0.1, 0.15) is 5.82 Å². The Morgan fingerprint density at radius 1 is 1.35 bits per heavy atom. The van der Waals surface area contributed by atoms with Gasteiger partial charge in [0.15, 0.2) is 0 Å². The predicted octanol–water partition coefficient (Wildman–Crippen LogP) is 2.80. The summed E-state index contributed by atoms with van der Waals surface area (Å²) in [6, 6.07) is 4.62. The second kappa shape index (κ2) is 5.81. The second-order valence-electron chi connectivity index (χ2n) is 6.60. The van der Waals surface area contributed by atoms with Gasteiger partial charge < -0.3 is 10.2 Å². The van der Waals surface area contributed by atoms with Crippen LogP contribution in [-0.2, 0) is 10.2 Å². The summed E-state index contributed by atoms with van der Waals surface area (Å²) in [6.07, 6.45) is 3.84. The average Bonchev–Trinajstić information content (AvgIpc) is 2.38. The van der Waals surface area contributed by atoms with Crippen molar-refractivity contribution in [2.24, 2.45) is 0 Å². The minimum atomic E-state index is 0.136. The Labute approximate surface area is 121 Å². The van der Waals surface area contributed by atoms with Crippen molar-refractivity contribution in [2.45, 2.75) is 52.0 Å². The molecule has 1 aromatic heterocycles. The lowest BCUT2D eigenvalue weighted by Gasteiger charge is -2.32. The van der Waals surface area contributed by atoms with Gasteiger partial charge in [-0.1, -0.05) is 20.8 Å². The van der Waals surface area contributed by atoms with Crippen molar-refractivity contribution >= 4 is 11.7 Å². The Balaban J connectivity index is 1.96. The fraction of sp³-hybridized carbons (Fsp3) is 0.625. The topological polar surface area (TPSA) is 45.2 Å². The molecule has 0 spiro atoms. The maximum atomic E-state index is 11.3. The van der Waals surface area contributed by atoms with E-state index in [4.69, 9.17) is 0 Å². The molecular weight excluding hydrogens is 250 g/mol. The van der Waals surface area contributed by atoms with E-state index in [9.17, 15) is 4.79 Å². The Bertz CT molecular complexity index is 471. The van der Waals surface area contributed by atoms with E-state index in [0.717, 1.165) is 31.7 Å². The van der Waals surface area contributed by atoms with Crippen molar-refractivity contribution < 1.29 is 4.79 Å². The Morgan fingerprint density at radius 2 is 2.00 bits per heavy atom. The first-order valence-corrected chi connectivity index (χ1v) is 7.35. The van der Waals surface area contributed by atoms with E-state index < -0.39 is 0 Å². The van der Waals surface area contributed by atoms with Crippen LogP contribution in [0.15, 0.2) is 18.3 Å². The number of amides is 1. The highest BCUT2D eigenvalue weighted by Gasteiger charge is 2.21. The summed E-state index contributed by atoms with van der Waals surface area (Å²) in [5.74, 6) is 1.12. The minimum Gasteiger partial charge on any atom is -0.367 e. The Morgan fingerprint density at radius 3 is 2.55 bits per heavy atom. The van der Waals surface area contributed by atoms with Gasteiger partial charge in [-0.05, 0) is 36.0 Å². The molecular formula is C16H25N3O. The molecule has 0 saturated carbocycles. The maximum Gasteiger partial charge on any atom is 0.219 e. The van der Waals surface area contributed by atoms with Crippen LogP contribution in [0, 0.1) is 0 Å². The van der Waals surface area contributed by atoms with Crippen LogP contribution >= 0.6 is 0 Å². The molecule has 2 heterocycles. The zero-order valence-electron chi connectivity index (χ0n) is 12.9. The first kappa shape index (κ1) is 14.8. The average molecular weight is 275 g/mol. The number of rotatable bonds is 2. The van der Waals surface area contributed by atoms with Crippen LogP contribution in [0.25, 0.3) is 0 Å². The number of carbonyl (C=O) groups excluding carboxylic acids is 1. The van der Waals surface area contributed by atoms with Gasteiger partial charge >= 0.3 is 0 Å². The number of carbonyl (C=O) groups is 1. The van der Waals surface area contributed by atoms with Crippen molar-refractivity contribution in [1.29, 1.82) is 0 Å². The Hall–Kier alpha value is -1.58. The van der Waals surface area contributed by atoms with E-state index in [2.05, 4.69) is 43.2 Å². The molecule has 1 saturated heterocycles. The van der Waals surface area contributed by atoms with Gasteiger partial charge in [-0.25, -0.2) is 4.98 Å². The zero-order chi connectivity index (χ0) is 14.8. The van der Waals surface area contributed by atoms with Gasteiger partial charge in [0.25, 0.3) is 0 Å². The SMILES string of the molecule is CC(=O)N1CCC(Nc2cc(C(C)(C)C)ccn2)CC1. The van der Waals surface area contributed by atoms with Crippen LogP contribution in [0.3, 0.4) is 0 Å². The minimum absolute atomic E-state index is 0.136. The molecule has 1 aliphatic rings. The van der Waals surface area contributed by atoms with E-state index in [1.54, 1.807) is 6.92 Å². The van der Waals surface area contributed by atoms with Gasteiger partial charge in [0, 0.05) is 32.3 Å². The Kier molecular flexibility index (Phi) is 4.31. The number of anilines is 1. The maximum absolute atomic E-state index is 11.3. The number of nitrogens with one attached hydrogen (secondary N) is 1. The van der Waals surface area contributed by atoms with Crippen LogP contribution in [0.4, 0.5) is 5.82 Å². The standard InChI is InChI=1S/C16H25N3O/c1-12(20)19-9-6-14(7-10-19)18-15-11-13(5-8-17-15)16(2,3)4/h5,8,11,14H,6-7,9-10H2,1-4H3,(H,17,18). The third kappa shape index (κ3) is 3.71. The molecule has 0 bridgehead atoms. The molecule has 110 valence electrons. The third-order valence-corrected chi connectivity index (χ3v) is 3.92. The van der Waals surface area contributed by atoms with Gasteiger partial charge in [0.05, 0.1) is 0 Å². The van der Waals surface area contributed by atoms with E-state index in [1.165, 1.54) is 5.56 Å². The number of piperidine rings is 1. The highest BCUT2D eigenvalue weighted by molar-refractivity contribution is 5.73. The third-order valence-electron chi connectivity index (χ3n) is 3.92. The largest absolute Gasteiger partial charge is 0.367 e. The fourth-order valence-electron chi connectivity index (χ4n) is 2.52. The summed E-state index contributed by atoms with van der Waals surface area (Å²) in [5.41, 5.74) is 1.42. The van der Waals surface area contributed by atoms with E-state index in [0.29, 0.717) is 6.04 Å². The summed E-state index contributed by atoms with van der Waals surface area (Å²) in [4.78, 5) is 17.6. The zero-order valence-corrected chi connectivity index (χ0v) is 12.9. The van der Waals surface area contributed by atoms with Crippen molar-refractivity contribution in [1.82, 2.24) is 9.88 Å². The van der Waals surface area contributed by atoms with Gasteiger partial charge in [-0.2, -0.15) is 0 Å². The smallest absolute Gasteiger partial charge is 0.219 e. The molecule has 0 radical (unpaired) electrons. The number of nitrogens with zero attached hydrogens (tertiary/aromatic N) is 2. The molecule has 0 unspecified atom stereocenters. The van der Waals surface area contributed by atoms with Crippen molar-refractivity contribution in [3.05, 3.63) is 23.9 Å². The van der Waals surface area contributed by atoms with Crippen LogP contribution < -0.4 is 5.32 Å². The molecule has 1 aromatic rings. The lowest BCUT2D eigenvalue weighted by molar-refractivity contribution is -0.129. The predicted molar refractivity (Wildman–Crippen MR) is 81.8 cm³/mol. The van der Waals surface area contributed by atoms with Crippen LogP contribution in [0.2, 0.25) is 0 Å². The second-order valence-corrected chi connectivity index (χ2v) is 6.60. The summed E-state index contributed by atoms with van der Waals surface area (Å²) >= 11 is 0. The lowest BCUT2D eigenvalue weighted by atomic mass is 9.88. The van der Waals surface area contributed by atoms with E-state index in [-0.39, 0.29) is 11.3 Å². The first-order chi connectivity index (χ1) is 9.36. The highest BCUT2D eigenvalue weighted by Crippen LogP contribution is 2.24. The molecule has 0 atom stereocenters. The number of hydrogen-bond acceptors (Lipinski definition) is 3. The van der Waals surface area contributed by atoms with E-state index >= 15 is 0 Å². The highest BCUT2D eigenvalue weighted by atomic mass is 16.2. The summed E-state index contributed by atoms with van der Waals surface area (Å²) in [7, 11) is 0. The van der Waals surface area contributed by atoms with Gasteiger partial charge in [-0.15, -0.1) is 0 Å². The molecule has 2 rings (SSSR count). The lowest BCUT2D eigenvalue weighted by Crippen LogP contribution is -2.41. The normalized spacial score (nSPS) is 17.1. The molecule has 1 N–H and O–H groups in total. The van der Waals surface area contributed by atoms with Crippen molar-refractivity contribution in [3.63, 3.8) is 0 Å². The van der Waals surface area contributed by atoms with Crippen molar-refractivity contribution in [2.75, 3.05) is 18.4 Å². The molecule has 1 fully saturated rings. The summed E-state index contributed by atoms with van der Waals surface area (Å²) < 4.78 is 0. The fourth-order valence-corrected chi connectivity index (χ4v) is 2.52. The number of aromatic nitrogens is 1. The van der Waals surface area contributed by atoms with Gasteiger partial charge in [0.2, 0.25) is 5.91 Å². The molecule has 20 heavy (non-hydrogen) atoms.